The first kappa shape index (κ1) is 11.5. The predicted octanol–water partition coefficient (Wildman–Crippen LogP) is 2.01. The number of benzene rings is 1. The average molecular weight is 244 g/mol. The first-order valence-corrected chi connectivity index (χ1v) is 6.74. The van der Waals surface area contributed by atoms with Gasteiger partial charge in [-0.15, -0.1) is 0 Å². The molecule has 3 rings (SSSR count). The normalized spacial score (nSPS) is 19.7. The number of nitrogens with two attached hydrogens (primary N) is 1. The summed E-state index contributed by atoms with van der Waals surface area (Å²) in [4.78, 5) is 6.98. The highest BCUT2D eigenvalue weighted by atomic mass is 15.4. The van der Waals surface area contributed by atoms with Crippen LogP contribution in [0.3, 0.4) is 0 Å². The van der Waals surface area contributed by atoms with Crippen LogP contribution in [0.4, 0.5) is 5.69 Å². The highest BCUT2D eigenvalue weighted by Crippen LogP contribution is 2.35. The molecule has 4 nitrogen and oxygen atoms in total. The van der Waals surface area contributed by atoms with E-state index in [1.807, 2.05) is 30.3 Å². The van der Waals surface area contributed by atoms with Gasteiger partial charge in [-0.1, -0.05) is 18.2 Å². The van der Waals surface area contributed by atoms with Gasteiger partial charge in [0.1, 0.15) is 0 Å². The Kier molecular flexibility index (Phi) is 3.19. The lowest BCUT2D eigenvalue weighted by molar-refractivity contribution is 0.377. The lowest BCUT2D eigenvalue weighted by atomic mass is 10.3. The van der Waals surface area contributed by atoms with Gasteiger partial charge < -0.3 is 4.90 Å². The van der Waals surface area contributed by atoms with Crippen molar-refractivity contribution in [1.29, 1.82) is 0 Å². The average Bonchev–Trinajstić information content (AvgIpc) is 3.28. The van der Waals surface area contributed by atoms with Crippen LogP contribution in [0.15, 0.2) is 35.3 Å². The van der Waals surface area contributed by atoms with Crippen LogP contribution in [0.2, 0.25) is 0 Å². The van der Waals surface area contributed by atoms with Crippen LogP contribution in [-0.4, -0.2) is 23.4 Å². The standard InChI is InChI=1S/C14H20N4/c15-17-14(16-12-4-2-1-3-5-12)18(13-8-9-13)10-11-6-7-11/h1-5,11,13H,6-10,15H2,(H,16,17). The number of hydrogen-bond acceptors (Lipinski definition) is 2. The molecule has 3 N–H and O–H groups in total. The molecule has 2 aliphatic rings. The Hall–Kier alpha value is -1.55. The van der Waals surface area contributed by atoms with Gasteiger partial charge in [0.2, 0.25) is 5.96 Å². The maximum absolute atomic E-state index is 5.66. The Morgan fingerprint density at radius 2 is 1.94 bits per heavy atom. The summed E-state index contributed by atoms with van der Waals surface area (Å²) in [6, 6.07) is 10.6. The van der Waals surface area contributed by atoms with Crippen molar-refractivity contribution in [2.75, 3.05) is 6.54 Å². The van der Waals surface area contributed by atoms with Crippen molar-refractivity contribution in [3.63, 3.8) is 0 Å². The molecule has 0 aliphatic heterocycles. The Balaban J connectivity index is 1.77. The van der Waals surface area contributed by atoms with E-state index in [0.29, 0.717) is 6.04 Å². The lowest BCUT2D eigenvalue weighted by Gasteiger charge is -2.25. The van der Waals surface area contributed by atoms with E-state index in [1.165, 1.54) is 25.7 Å². The second-order valence-electron chi connectivity index (χ2n) is 5.24. The quantitative estimate of drug-likeness (QED) is 0.369. The molecule has 0 radical (unpaired) electrons. The van der Waals surface area contributed by atoms with Gasteiger partial charge in [0.25, 0.3) is 0 Å². The van der Waals surface area contributed by atoms with Crippen LogP contribution in [0.1, 0.15) is 25.7 Å². The minimum Gasteiger partial charge on any atom is -0.338 e. The number of para-hydroxylation sites is 1. The van der Waals surface area contributed by atoms with Gasteiger partial charge >= 0.3 is 0 Å². The van der Waals surface area contributed by atoms with Crippen molar-refractivity contribution in [3.8, 4) is 0 Å². The smallest absolute Gasteiger partial charge is 0.213 e. The van der Waals surface area contributed by atoms with E-state index in [4.69, 9.17) is 5.84 Å². The van der Waals surface area contributed by atoms with Crippen LogP contribution in [-0.2, 0) is 0 Å². The summed E-state index contributed by atoms with van der Waals surface area (Å²) in [6.45, 7) is 1.10. The summed E-state index contributed by atoms with van der Waals surface area (Å²) >= 11 is 0. The van der Waals surface area contributed by atoms with Crippen molar-refractivity contribution >= 4 is 11.6 Å². The van der Waals surface area contributed by atoms with Crippen LogP contribution in [0, 0.1) is 5.92 Å². The first-order valence-electron chi connectivity index (χ1n) is 6.74. The van der Waals surface area contributed by atoms with Crippen molar-refractivity contribution in [1.82, 2.24) is 10.3 Å². The largest absolute Gasteiger partial charge is 0.338 e. The molecule has 0 aromatic heterocycles. The number of hydrazine groups is 1. The zero-order valence-electron chi connectivity index (χ0n) is 10.5. The van der Waals surface area contributed by atoms with E-state index >= 15 is 0 Å². The number of hydrogen-bond donors (Lipinski definition) is 2. The third-order valence-electron chi connectivity index (χ3n) is 3.53. The minimum absolute atomic E-state index is 0.643. The van der Waals surface area contributed by atoms with E-state index in [2.05, 4.69) is 15.3 Å². The predicted molar refractivity (Wildman–Crippen MR) is 73.3 cm³/mol. The summed E-state index contributed by atoms with van der Waals surface area (Å²) in [5.41, 5.74) is 3.73. The van der Waals surface area contributed by atoms with Gasteiger partial charge in [0.05, 0.1) is 5.69 Å². The van der Waals surface area contributed by atoms with Crippen LogP contribution in [0.25, 0.3) is 0 Å². The molecule has 0 spiro atoms. The molecular weight excluding hydrogens is 224 g/mol. The first-order chi connectivity index (χ1) is 8.86. The molecule has 4 heteroatoms. The van der Waals surface area contributed by atoms with E-state index in [-0.39, 0.29) is 0 Å². The highest BCUT2D eigenvalue weighted by molar-refractivity contribution is 5.82. The van der Waals surface area contributed by atoms with Crippen LogP contribution < -0.4 is 11.3 Å². The molecule has 2 saturated carbocycles. The molecule has 0 amide bonds. The second kappa shape index (κ2) is 4.98. The molecule has 1 aromatic carbocycles. The molecular formula is C14H20N4. The number of guanidine groups is 1. The number of nitrogens with zero attached hydrogens (tertiary/aromatic N) is 2. The third-order valence-corrected chi connectivity index (χ3v) is 3.53. The Labute approximate surface area is 108 Å². The molecule has 0 heterocycles. The number of aliphatic imine (C=N–C) groups is 1. The molecule has 96 valence electrons. The zero-order valence-corrected chi connectivity index (χ0v) is 10.5. The molecule has 1 aromatic rings. The summed E-state index contributed by atoms with van der Waals surface area (Å²) < 4.78 is 0. The fourth-order valence-electron chi connectivity index (χ4n) is 2.18. The Morgan fingerprint density at radius 3 is 2.50 bits per heavy atom. The van der Waals surface area contributed by atoms with E-state index in [9.17, 15) is 0 Å². The van der Waals surface area contributed by atoms with Gasteiger partial charge in [0.15, 0.2) is 0 Å². The van der Waals surface area contributed by atoms with Crippen molar-refractivity contribution in [3.05, 3.63) is 30.3 Å². The number of rotatable bonds is 4. The van der Waals surface area contributed by atoms with Gasteiger partial charge in [0, 0.05) is 12.6 Å². The lowest BCUT2D eigenvalue weighted by Crippen LogP contribution is -2.46. The van der Waals surface area contributed by atoms with Gasteiger partial charge in [-0.05, 0) is 43.7 Å². The molecule has 0 unspecified atom stereocenters. The number of nitrogens with one attached hydrogen (secondary N) is 1. The molecule has 18 heavy (non-hydrogen) atoms. The van der Waals surface area contributed by atoms with Crippen LogP contribution >= 0.6 is 0 Å². The minimum atomic E-state index is 0.643. The monoisotopic (exact) mass is 244 g/mol. The summed E-state index contributed by atoms with van der Waals surface area (Å²) in [5.74, 6) is 7.32. The summed E-state index contributed by atoms with van der Waals surface area (Å²) in [6.07, 6.45) is 5.24. The Morgan fingerprint density at radius 1 is 1.22 bits per heavy atom. The molecule has 2 aliphatic carbocycles. The summed E-state index contributed by atoms with van der Waals surface area (Å²) in [5, 5.41) is 0. The van der Waals surface area contributed by atoms with Crippen molar-refractivity contribution in [2.45, 2.75) is 31.7 Å². The third kappa shape index (κ3) is 2.82. The van der Waals surface area contributed by atoms with Crippen LogP contribution in [0.5, 0.6) is 0 Å². The van der Waals surface area contributed by atoms with E-state index in [0.717, 1.165) is 24.1 Å². The highest BCUT2D eigenvalue weighted by Gasteiger charge is 2.35. The van der Waals surface area contributed by atoms with Gasteiger partial charge in [-0.25, -0.2) is 10.8 Å². The van der Waals surface area contributed by atoms with E-state index in [1.54, 1.807) is 0 Å². The fourth-order valence-corrected chi connectivity index (χ4v) is 2.18. The fraction of sp³-hybridized carbons (Fsp3) is 0.500. The van der Waals surface area contributed by atoms with Gasteiger partial charge in [-0.2, -0.15) is 0 Å². The maximum Gasteiger partial charge on any atom is 0.213 e. The molecule has 0 saturated heterocycles. The second-order valence-corrected chi connectivity index (χ2v) is 5.24. The molecule has 0 atom stereocenters. The van der Waals surface area contributed by atoms with Crippen molar-refractivity contribution in [2.24, 2.45) is 16.8 Å². The Bertz CT molecular complexity index is 421. The van der Waals surface area contributed by atoms with Gasteiger partial charge in [-0.3, -0.25) is 5.43 Å². The zero-order chi connectivity index (χ0) is 12.4. The molecule has 2 fully saturated rings. The maximum atomic E-state index is 5.66. The SMILES string of the molecule is NNC(=Nc1ccccc1)N(CC1CC1)C1CC1. The van der Waals surface area contributed by atoms with Crippen molar-refractivity contribution < 1.29 is 0 Å². The topological polar surface area (TPSA) is 53.6 Å². The summed E-state index contributed by atoms with van der Waals surface area (Å²) in [7, 11) is 0. The van der Waals surface area contributed by atoms with E-state index < -0.39 is 0 Å². The molecule has 0 bridgehead atoms.